The van der Waals surface area contributed by atoms with Crippen LogP contribution in [-0.4, -0.2) is 37.6 Å². The summed E-state index contributed by atoms with van der Waals surface area (Å²) in [7, 11) is 0. The van der Waals surface area contributed by atoms with Gasteiger partial charge in [0.25, 0.3) is 0 Å². The first-order chi connectivity index (χ1) is 8.36. The Labute approximate surface area is 118 Å². The van der Waals surface area contributed by atoms with Gasteiger partial charge in [0.1, 0.15) is 0 Å². The topological polar surface area (TPSA) is 15.3 Å². The molecule has 2 nitrogen and oxygen atoms in total. The van der Waals surface area contributed by atoms with Crippen molar-refractivity contribution in [3.8, 4) is 0 Å². The van der Waals surface area contributed by atoms with Crippen LogP contribution < -0.4 is 5.32 Å². The highest BCUT2D eigenvalue weighted by Crippen LogP contribution is 2.39. The van der Waals surface area contributed by atoms with Crippen LogP contribution in [0.4, 0.5) is 0 Å². The first kappa shape index (κ1) is 14.6. The standard InChI is InChI=1S/C15H28N2.ClH/c1-2-4-14(3-1)5-11-17-12-8-15(13-17)6-9-16-10-7-15;/h14,16H,1-13H2;1H. The highest BCUT2D eigenvalue weighted by atomic mass is 35.5. The Bertz CT molecular complexity index is 245. The summed E-state index contributed by atoms with van der Waals surface area (Å²) >= 11 is 0. The number of piperidine rings is 1. The Kier molecular flexibility index (Phi) is 5.35. The second-order valence-corrected chi connectivity index (χ2v) is 6.72. The third-order valence-electron chi connectivity index (χ3n) is 5.51. The average Bonchev–Trinajstić information content (AvgIpc) is 2.98. The number of rotatable bonds is 3. The molecular formula is C15H29ClN2. The molecule has 2 saturated heterocycles. The Morgan fingerprint density at radius 1 is 1.06 bits per heavy atom. The molecule has 0 atom stereocenters. The summed E-state index contributed by atoms with van der Waals surface area (Å²) in [6.45, 7) is 6.70. The van der Waals surface area contributed by atoms with E-state index in [4.69, 9.17) is 0 Å². The van der Waals surface area contributed by atoms with Crippen molar-refractivity contribution >= 4 is 12.4 Å². The average molecular weight is 273 g/mol. The van der Waals surface area contributed by atoms with E-state index < -0.39 is 0 Å². The lowest BCUT2D eigenvalue weighted by atomic mass is 9.78. The fourth-order valence-electron chi connectivity index (χ4n) is 4.25. The lowest BCUT2D eigenvalue weighted by Gasteiger charge is -2.34. The van der Waals surface area contributed by atoms with Gasteiger partial charge in [0.2, 0.25) is 0 Å². The van der Waals surface area contributed by atoms with Crippen molar-refractivity contribution in [1.82, 2.24) is 10.2 Å². The van der Waals surface area contributed by atoms with Crippen LogP contribution in [0.1, 0.15) is 51.4 Å². The van der Waals surface area contributed by atoms with Gasteiger partial charge in [-0.1, -0.05) is 25.7 Å². The molecule has 1 saturated carbocycles. The van der Waals surface area contributed by atoms with E-state index in [1.54, 1.807) is 0 Å². The normalized spacial score (nSPS) is 28.7. The fourth-order valence-corrected chi connectivity index (χ4v) is 4.25. The van der Waals surface area contributed by atoms with Gasteiger partial charge < -0.3 is 10.2 Å². The van der Waals surface area contributed by atoms with E-state index in [9.17, 15) is 0 Å². The van der Waals surface area contributed by atoms with Crippen LogP contribution >= 0.6 is 12.4 Å². The molecule has 0 amide bonds. The molecule has 0 aromatic carbocycles. The molecule has 18 heavy (non-hydrogen) atoms. The van der Waals surface area contributed by atoms with Gasteiger partial charge in [-0.15, -0.1) is 12.4 Å². The minimum absolute atomic E-state index is 0. The van der Waals surface area contributed by atoms with Crippen molar-refractivity contribution in [2.45, 2.75) is 51.4 Å². The summed E-state index contributed by atoms with van der Waals surface area (Å²) in [5, 5.41) is 3.51. The second-order valence-electron chi connectivity index (χ2n) is 6.72. The van der Waals surface area contributed by atoms with Gasteiger partial charge in [0.05, 0.1) is 0 Å². The van der Waals surface area contributed by atoms with Gasteiger partial charge in [-0.25, -0.2) is 0 Å². The number of nitrogens with one attached hydrogen (secondary N) is 1. The van der Waals surface area contributed by atoms with Crippen molar-refractivity contribution in [2.24, 2.45) is 11.3 Å². The van der Waals surface area contributed by atoms with Crippen LogP contribution in [0.2, 0.25) is 0 Å². The maximum absolute atomic E-state index is 3.51. The van der Waals surface area contributed by atoms with Crippen molar-refractivity contribution in [3.05, 3.63) is 0 Å². The molecule has 0 radical (unpaired) electrons. The molecule has 3 heteroatoms. The maximum Gasteiger partial charge on any atom is 0.00394 e. The zero-order chi connectivity index (χ0) is 11.6. The summed E-state index contributed by atoms with van der Waals surface area (Å²) < 4.78 is 0. The van der Waals surface area contributed by atoms with Crippen molar-refractivity contribution < 1.29 is 0 Å². The van der Waals surface area contributed by atoms with Gasteiger partial charge >= 0.3 is 0 Å². The van der Waals surface area contributed by atoms with E-state index in [0.29, 0.717) is 5.41 Å². The highest BCUT2D eigenvalue weighted by molar-refractivity contribution is 5.85. The lowest BCUT2D eigenvalue weighted by Crippen LogP contribution is -2.38. The minimum Gasteiger partial charge on any atom is -0.317 e. The Hall–Kier alpha value is 0.210. The Morgan fingerprint density at radius 2 is 1.78 bits per heavy atom. The van der Waals surface area contributed by atoms with Gasteiger partial charge in [0, 0.05) is 6.54 Å². The largest absolute Gasteiger partial charge is 0.317 e. The molecule has 0 aromatic rings. The molecule has 0 aromatic heterocycles. The summed E-state index contributed by atoms with van der Waals surface area (Å²) in [6.07, 6.45) is 11.8. The fraction of sp³-hybridized carbons (Fsp3) is 1.00. The Morgan fingerprint density at radius 3 is 2.50 bits per heavy atom. The van der Waals surface area contributed by atoms with Gasteiger partial charge in [-0.05, 0) is 63.2 Å². The van der Waals surface area contributed by atoms with E-state index in [0.717, 1.165) is 5.92 Å². The van der Waals surface area contributed by atoms with Crippen LogP contribution in [0.15, 0.2) is 0 Å². The predicted molar refractivity (Wildman–Crippen MR) is 79.4 cm³/mol. The third-order valence-corrected chi connectivity index (χ3v) is 5.51. The molecule has 2 aliphatic heterocycles. The van der Waals surface area contributed by atoms with Crippen LogP contribution in [0.5, 0.6) is 0 Å². The van der Waals surface area contributed by atoms with Crippen LogP contribution in [0, 0.1) is 11.3 Å². The monoisotopic (exact) mass is 272 g/mol. The van der Waals surface area contributed by atoms with E-state index >= 15 is 0 Å². The molecule has 3 rings (SSSR count). The van der Waals surface area contributed by atoms with Gasteiger partial charge in [0.15, 0.2) is 0 Å². The highest BCUT2D eigenvalue weighted by Gasteiger charge is 2.38. The number of nitrogens with zero attached hydrogens (tertiary/aromatic N) is 1. The first-order valence-electron chi connectivity index (χ1n) is 7.79. The van der Waals surface area contributed by atoms with E-state index in [2.05, 4.69) is 10.2 Å². The number of likely N-dealkylation sites (tertiary alicyclic amines) is 1. The van der Waals surface area contributed by atoms with Crippen molar-refractivity contribution in [3.63, 3.8) is 0 Å². The van der Waals surface area contributed by atoms with E-state index in [1.165, 1.54) is 84.1 Å². The number of hydrogen-bond donors (Lipinski definition) is 1. The van der Waals surface area contributed by atoms with Crippen LogP contribution in [0.3, 0.4) is 0 Å². The summed E-state index contributed by atoms with van der Waals surface area (Å²) in [4.78, 5) is 2.77. The molecular weight excluding hydrogens is 244 g/mol. The molecule has 1 aliphatic carbocycles. The SMILES string of the molecule is C1CCC(CCN2CCC3(CCNCC3)C2)C1.Cl. The second kappa shape index (κ2) is 6.58. The van der Waals surface area contributed by atoms with Crippen molar-refractivity contribution in [2.75, 3.05) is 32.7 Å². The predicted octanol–water partition coefficient (Wildman–Crippen LogP) is 3.06. The molecule has 0 bridgehead atoms. The molecule has 2 heterocycles. The summed E-state index contributed by atoms with van der Waals surface area (Å²) in [5.74, 6) is 1.07. The molecule has 0 unspecified atom stereocenters. The summed E-state index contributed by atoms with van der Waals surface area (Å²) in [5.41, 5.74) is 0.709. The molecule has 3 fully saturated rings. The van der Waals surface area contributed by atoms with Gasteiger partial charge in [-0.2, -0.15) is 0 Å². The van der Waals surface area contributed by atoms with Crippen molar-refractivity contribution in [1.29, 1.82) is 0 Å². The van der Waals surface area contributed by atoms with E-state index in [-0.39, 0.29) is 12.4 Å². The zero-order valence-corrected chi connectivity index (χ0v) is 12.4. The lowest BCUT2D eigenvalue weighted by molar-refractivity contribution is 0.192. The minimum atomic E-state index is 0. The summed E-state index contributed by atoms with van der Waals surface area (Å²) in [6, 6.07) is 0. The Balaban J connectivity index is 0.00000120. The van der Waals surface area contributed by atoms with E-state index in [1.807, 2.05) is 0 Å². The quantitative estimate of drug-likeness (QED) is 0.850. The van der Waals surface area contributed by atoms with Crippen LogP contribution in [0.25, 0.3) is 0 Å². The molecule has 1 spiro atoms. The number of halogens is 1. The number of hydrogen-bond acceptors (Lipinski definition) is 2. The molecule has 106 valence electrons. The molecule has 1 N–H and O–H groups in total. The van der Waals surface area contributed by atoms with Gasteiger partial charge in [-0.3, -0.25) is 0 Å². The van der Waals surface area contributed by atoms with Crippen LogP contribution in [-0.2, 0) is 0 Å². The maximum atomic E-state index is 3.51. The zero-order valence-electron chi connectivity index (χ0n) is 11.6. The smallest absolute Gasteiger partial charge is 0.00394 e. The first-order valence-corrected chi connectivity index (χ1v) is 7.79. The third kappa shape index (κ3) is 3.40. The molecule has 3 aliphatic rings.